The van der Waals surface area contributed by atoms with Crippen molar-refractivity contribution >= 4 is 11.8 Å². The van der Waals surface area contributed by atoms with E-state index in [1.165, 1.54) is 30.6 Å². The Morgan fingerprint density at radius 2 is 2.00 bits per heavy atom. The lowest BCUT2D eigenvalue weighted by atomic mass is 10.1. The van der Waals surface area contributed by atoms with E-state index in [9.17, 15) is 9.59 Å². The van der Waals surface area contributed by atoms with Gasteiger partial charge in [-0.2, -0.15) is 0 Å². The van der Waals surface area contributed by atoms with Gasteiger partial charge in [0.15, 0.2) is 0 Å². The fraction of sp³-hybridized carbons (Fsp3) is 0.867. The standard InChI is InChI=1S/C15H26N2O2/c1-3-4-5-6-7-11(2)16-13-10-14(18)17(15(13)19)12-8-9-12/h11-13,16H,3-10H2,1-2H3. The average Bonchev–Trinajstić information content (AvgIpc) is 3.14. The Labute approximate surface area is 115 Å². The van der Waals surface area contributed by atoms with E-state index in [-0.39, 0.29) is 23.9 Å². The van der Waals surface area contributed by atoms with Crippen molar-refractivity contribution in [1.29, 1.82) is 0 Å². The number of hydrogen-bond donors (Lipinski definition) is 1. The first kappa shape index (κ1) is 14.5. The SMILES string of the molecule is CCCCCCC(C)NC1CC(=O)N(C2CC2)C1=O. The van der Waals surface area contributed by atoms with Crippen molar-refractivity contribution in [2.75, 3.05) is 0 Å². The van der Waals surface area contributed by atoms with Crippen LogP contribution in [0.4, 0.5) is 0 Å². The predicted octanol–water partition coefficient (Wildman–Crippen LogP) is 2.22. The van der Waals surface area contributed by atoms with Crippen LogP contribution in [-0.4, -0.2) is 34.8 Å². The molecule has 4 nitrogen and oxygen atoms in total. The number of unbranched alkanes of at least 4 members (excludes halogenated alkanes) is 3. The van der Waals surface area contributed by atoms with Gasteiger partial charge in [-0.15, -0.1) is 0 Å². The van der Waals surface area contributed by atoms with Gasteiger partial charge in [0, 0.05) is 12.1 Å². The second-order valence-corrected chi connectivity index (χ2v) is 6.01. The smallest absolute Gasteiger partial charge is 0.247 e. The summed E-state index contributed by atoms with van der Waals surface area (Å²) in [5.41, 5.74) is 0. The molecule has 1 N–H and O–H groups in total. The Hall–Kier alpha value is -0.900. The Bertz CT molecular complexity index is 339. The lowest BCUT2D eigenvalue weighted by Gasteiger charge is -2.18. The zero-order valence-electron chi connectivity index (χ0n) is 12.2. The summed E-state index contributed by atoms with van der Waals surface area (Å²) in [6.07, 6.45) is 8.41. The highest BCUT2D eigenvalue weighted by atomic mass is 16.2. The van der Waals surface area contributed by atoms with Crippen LogP contribution in [0.5, 0.6) is 0 Å². The van der Waals surface area contributed by atoms with Crippen molar-refractivity contribution in [3.8, 4) is 0 Å². The molecule has 108 valence electrons. The number of likely N-dealkylation sites (tertiary alicyclic amines) is 1. The van der Waals surface area contributed by atoms with E-state index in [0.717, 1.165) is 19.3 Å². The zero-order valence-corrected chi connectivity index (χ0v) is 12.2. The van der Waals surface area contributed by atoms with Crippen LogP contribution in [0.2, 0.25) is 0 Å². The number of carbonyl (C=O) groups is 2. The molecule has 1 saturated heterocycles. The van der Waals surface area contributed by atoms with Crippen LogP contribution < -0.4 is 5.32 Å². The second kappa shape index (κ2) is 6.51. The first-order valence-corrected chi connectivity index (χ1v) is 7.75. The Balaban J connectivity index is 1.73. The molecule has 0 aromatic heterocycles. The van der Waals surface area contributed by atoms with E-state index in [1.54, 1.807) is 0 Å². The van der Waals surface area contributed by atoms with E-state index in [4.69, 9.17) is 0 Å². The van der Waals surface area contributed by atoms with Gasteiger partial charge in [-0.3, -0.25) is 14.5 Å². The summed E-state index contributed by atoms with van der Waals surface area (Å²) in [5.74, 6) is 0.0242. The molecule has 1 saturated carbocycles. The van der Waals surface area contributed by atoms with Crippen LogP contribution in [0.25, 0.3) is 0 Å². The third-order valence-electron chi connectivity index (χ3n) is 4.07. The van der Waals surface area contributed by atoms with Crippen LogP contribution in [0.1, 0.15) is 65.2 Å². The summed E-state index contributed by atoms with van der Waals surface area (Å²) in [6.45, 7) is 4.32. The summed E-state index contributed by atoms with van der Waals surface area (Å²) in [5, 5.41) is 3.34. The minimum Gasteiger partial charge on any atom is -0.303 e. The molecule has 2 unspecified atom stereocenters. The first-order chi connectivity index (χ1) is 9.13. The first-order valence-electron chi connectivity index (χ1n) is 7.75. The minimum atomic E-state index is -0.269. The molecule has 0 aromatic carbocycles. The normalized spacial score (nSPS) is 25.2. The van der Waals surface area contributed by atoms with E-state index < -0.39 is 0 Å². The molecule has 4 heteroatoms. The highest BCUT2D eigenvalue weighted by molar-refractivity contribution is 6.06. The molecule has 1 heterocycles. The van der Waals surface area contributed by atoms with Crippen LogP contribution >= 0.6 is 0 Å². The molecular formula is C15H26N2O2. The van der Waals surface area contributed by atoms with Crippen molar-refractivity contribution in [3.63, 3.8) is 0 Å². The number of carbonyl (C=O) groups excluding carboxylic acids is 2. The Kier molecular flexibility index (Phi) is 4.97. The lowest BCUT2D eigenvalue weighted by molar-refractivity contribution is -0.139. The maximum absolute atomic E-state index is 12.2. The molecule has 2 aliphatic rings. The van der Waals surface area contributed by atoms with Gasteiger partial charge in [0.2, 0.25) is 11.8 Å². The Morgan fingerprint density at radius 3 is 2.63 bits per heavy atom. The van der Waals surface area contributed by atoms with Crippen molar-refractivity contribution in [1.82, 2.24) is 10.2 Å². The highest BCUT2D eigenvalue weighted by Gasteiger charge is 2.46. The third-order valence-corrected chi connectivity index (χ3v) is 4.07. The molecule has 2 rings (SSSR count). The number of hydrogen-bond acceptors (Lipinski definition) is 3. The van der Waals surface area contributed by atoms with Crippen LogP contribution in [0.3, 0.4) is 0 Å². The summed E-state index contributed by atoms with van der Waals surface area (Å²) in [4.78, 5) is 25.5. The fourth-order valence-electron chi connectivity index (χ4n) is 2.80. The molecule has 0 radical (unpaired) electrons. The average molecular weight is 266 g/mol. The summed E-state index contributed by atoms with van der Waals surface area (Å²) >= 11 is 0. The number of amides is 2. The molecule has 19 heavy (non-hydrogen) atoms. The summed E-state index contributed by atoms with van der Waals surface area (Å²) in [6, 6.07) is 0.263. The van der Waals surface area contributed by atoms with Gasteiger partial charge >= 0.3 is 0 Å². The minimum absolute atomic E-state index is 0.00732. The topological polar surface area (TPSA) is 49.4 Å². The maximum atomic E-state index is 12.2. The second-order valence-electron chi connectivity index (χ2n) is 6.01. The number of rotatable bonds is 8. The highest BCUT2D eigenvalue weighted by Crippen LogP contribution is 2.31. The largest absolute Gasteiger partial charge is 0.303 e. The molecule has 2 fully saturated rings. The predicted molar refractivity (Wildman–Crippen MR) is 74.6 cm³/mol. The van der Waals surface area contributed by atoms with Crippen LogP contribution in [0.15, 0.2) is 0 Å². The quantitative estimate of drug-likeness (QED) is 0.541. The molecule has 0 aromatic rings. The maximum Gasteiger partial charge on any atom is 0.247 e. The fourth-order valence-corrected chi connectivity index (χ4v) is 2.80. The summed E-state index contributed by atoms with van der Waals surface area (Å²) < 4.78 is 0. The van der Waals surface area contributed by atoms with E-state index in [1.807, 2.05) is 0 Å². The van der Waals surface area contributed by atoms with Gasteiger partial charge < -0.3 is 5.32 Å². The van der Waals surface area contributed by atoms with Crippen LogP contribution in [0, 0.1) is 0 Å². The zero-order chi connectivity index (χ0) is 13.8. The van der Waals surface area contributed by atoms with Gasteiger partial charge in [0.05, 0.1) is 12.5 Å². The van der Waals surface area contributed by atoms with Crippen molar-refractivity contribution < 1.29 is 9.59 Å². The van der Waals surface area contributed by atoms with Crippen molar-refractivity contribution in [2.45, 2.75) is 83.3 Å². The van der Waals surface area contributed by atoms with Gasteiger partial charge in [-0.1, -0.05) is 32.6 Å². The van der Waals surface area contributed by atoms with Gasteiger partial charge in [-0.05, 0) is 26.2 Å². The molecule has 2 atom stereocenters. The Morgan fingerprint density at radius 1 is 1.26 bits per heavy atom. The molecule has 0 spiro atoms. The molecule has 1 aliphatic heterocycles. The lowest BCUT2D eigenvalue weighted by Crippen LogP contribution is -2.43. The summed E-state index contributed by atoms with van der Waals surface area (Å²) in [7, 11) is 0. The third kappa shape index (κ3) is 3.78. The van der Waals surface area contributed by atoms with Gasteiger partial charge in [0.1, 0.15) is 0 Å². The molecule has 1 aliphatic carbocycles. The monoisotopic (exact) mass is 266 g/mol. The van der Waals surface area contributed by atoms with Crippen LogP contribution in [-0.2, 0) is 9.59 Å². The number of nitrogens with one attached hydrogen (secondary N) is 1. The molecule has 2 amide bonds. The number of imide groups is 1. The van der Waals surface area contributed by atoms with E-state index in [0.29, 0.717) is 12.5 Å². The van der Waals surface area contributed by atoms with E-state index >= 15 is 0 Å². The van der Waals surface area contributed by atoms with Gasteiger partial charge in [-0.25, -0.2) is 0 Å². The van der Waals surface area contributed by atoms with Crippen molar-refractivity contribution in [3.05, 3.63) is 0 Å². The van der Waals surface area contributed by atoms with Crippen molar-refractivity contribution in [2.24, 2.45) is 0 Å². The molecule has 0 bridgehead atoms. The van der Waals surface area contributed by atoms with Gasteiger partial charge in [0.25, 0.3) is 0 Å². The number of nitrogens with zero attached hydrogens (tertiary/aromatic N) is 1. The van der Waals surface area contributed by atoms with E-state index in [2.05, 4.69) is 19.2 Å². The molecular weight excluding hydrogens is 240 g/mol.